The number of hydrogen-bond donors (Lipinski definition) is 1. The number of nitriles is 1. The van der Waals surface area contributed by atoms with Crippen LogP contribution in [-0.2, 0) is 11.3 Å². The molecule has 2 atom stereocenters. The maximum Gasteiger partial charge on any atom is 0.271 e. The van der Waals surface area contributed by atoms with Gasteiger partial charge in [0.25, 0.3) is 5.56 Å². The summed E-state index contributed by atoms with van der Waals surface area (Å²) in [4.78, 5) is 25.9. The minimum Gasteiger partial charge on any atom is -0.494 e. The van der Waals surface area contributed by atoms with Gasteiger partial charge >= 0.3 is 0 Å². The second-order valence-corrected chi connectivity index (χ2v) is 7.81. The Kier molecular flexibility index (Phi) is 6.28. The van der Waals surface area contributed by atoms with Gasteiger partial charge in [0, 0.05) is 6.61 Å². The lowest BCUT2D eigenvalue weighted by atomic mass is 9.99. The van der Waals surface area contributed by atoms with Crippen molar-refractivity contribution in [3.63, 3.8) is 0 Å². The summed E-state index contributed by atoms with van der Waals surface area (Å²) in [5.74, 6) is -0.409. The summed E-state index contributed by atoms with van der Waals surface area (Å²) in [6.07, 6.45) is 0.451. The Hall–Kier alpha value is -3.11. The average molecular weight is 410 g/mol. The van der Waals surface area contributed by atoms with Crippen LogP contribution in [0, 0.1) is 32.1 Å². The lowest BCUT2D eigenvalue weighted by Crippen LogP contribution is -2.33. The van der Waals surface area contributed by atoms with Gasteiger partial charge in [-0.25, -0.2) is 0 Å². The maximum absolute atomic E-state index is 13.2. The van der Waals surface area contributed by atoms with Gasteiger partial charge in [-0.3, -0.25) is 14.2 Å². The fraction of sp³-hybridized carbons (Fsp3) is 0.435. The Balaban J connectivity index is 1.99. The molecule has 0 spiro atoms. The number of aromatic nitrogens is 1. The Morgan fingerprint density at radius 1 is 1.33 bits per heavy atom. The van der Waals surface area contributed by atoms with Gasteiger partial charge in [-0.2, -0.15) is 5.26 Å². The first-order valence-electron chi connectivity index (χ1n) is 10.00. The number of nitrogens with zero attached hydrogens (tertiary/aromatic N) is 2. The minimum absolute atomic E-state index is 0.0685. The lowest BCUT2D eigenvalue weighted by molar-refractivity contribution is 0.0805. The smallest absolute Gasteiger partial charge is 0.271 e. The van der Waals surface area contributed by atoms with E-state index in [0.717, 1.165) is 28.5 Å². The van der Waals surface area contributed by atoms with Crippen LogP contribution in [-0.4, -0.2) is 34.3 Å². The van der Waals surface area contributed by atoms with Gasteiger partial charge in [0.1, 0.15) is 17.4 Å². The summed E-state index contributed by atoms with van der Waals surface area (Å²) in [5.41, 5.74) is 1.31. The molecule has 7 heteroatoms. The molecule has 1 N–H and O–H groups in total. The molecular weight excluding hydrogens is 384 g/mol. The number of aryl methyl sites for hydroxylation is 2. The van der Waals surface area contributed by atoms with E-state index in [9.17, 15) is 20.0 Å². The summed E-state index contributed by atoms with van der Waals surface area (Å²) < 4.78 is 12.4. The molecule has 1 fully saturated rings. The van der Waals surface area contributed by atoms with E-state index in [1.807, 2.05) is 38.1 Å². The van der Waals surface area contributed by atoms with E-state index < -0.39 is 23.3 Å². The molecule has 0 aliphatic carbocycles. The first kappa shape index (κ1) is 21.6. The zero-order valence-electron chi connectivity index (χ0n) is 17.7. The van der Waals surface area contributed by atoms with Gasteiger partial charge in [-0.15, -0.1) is 0 Å². The molecule has 0 amide bonds. The molecule has 0 bridgehead atoms. The van der Waals surface area contributed by atoms with E-state index in [2.05, 4.69) is 0 Å². The summed E-state index contributed by atoms with van der Waals surface area (Å²) in [7, 11) is 0. The van der Waals surface area contributed by atoms with Crippen molar-refractivity contribution in [2.75, 3.05) is 6.61 Å². The third-order valence-electron chi connectivity index (χ3n) is 5.33. The van der Waals surface area contributed by atoms with Crippen molar-refractivity contribution >= 4 is 5.78 Å². The number of rotatable bonds is 6. The first-order valence-corrected chi connectivity index (χ1v) is 10.00. The van der Waals surface area contributed by atoms with Gasteiger partial charge in [0.15, 0.2) is 6.10 Å². The highest BCUT2D eigenvalue weighted by molar-refractivity contribution is 6.03. The van der Waals surface area contributed by atoms with Crippen molar-refractivity contribution in [1.82, 2.24) is 4.57 Å². The van der Waals surface area contributed by atoms with Gasteiger partial charge in [0.2, 0.25) is 11.7 Å². The third kappa shape index (κ3) is 4.24. The van der Waals surface area contributed by atoms with Crippen LogP contribution in [0.3, 0.4) is 0 Å². The van der Waals surface area contributed by atoms with E-state index in [-0.39, 0.29) is 29.3 Å². The zero-order valence-corrected chi connectivity index (χ0v) is 17.7. The fourth-order valence-electron chi connectivity index (χ4n) is 3.87. The van der Waals surface area contributed by atoms with Gasteiger partial charge in [-0.05, 0) is 69.4 Å². The molecule has 7 nitrogen and oxygen atoms in total. The van der Waals surface area contributed by atoms with E-state index in [0.29, 0.717) is 12.4 Å². The average Bonchev–Trinajstić information content (AvgIpc) is 3.18. The molecular formula is C23H26N2O5. The minimum atomic E-state index is -0.920. The van der Waals surface area contributed by atoms with E-state index in [1.54, 1.807) is 6.92 Å². The Labute approximate surface area is 175 Å². The molecule has 1 aromatic heterocycles. The number of ether oxygens (including phenoxy) is 2. The highest BCUT2D eigenvalue weighted by Crippen LogP contribution is 2.27. The molecule has 158 valence electrons. The monoisotopic (exact) mass is 410 g/mol. The molecule has 1 aliphatic heterocycles. The van der Waals surface area contributed by atoms with Crippen LogP contribution in [0.2, 0.25) is 0 Å². The molecule has 0 radical (unpaired) electrons. The molecule has 1 aromatic carbocycles. The van der Waals surface area contributed by atoms with Crippen molar-refractivity contribution in [2.24, 2.45) is 0 Å². The molecule has 2 unspecified atom stereocenters. The van der Waals surface area contributed by atoms with Crippen LogP contribution in [0.4, 0.5) is 0 Å². The van der Waals surface area contributed by atoms with Crippen LogP contribution >= 0.6 is 0 Å². The van der Waals surface area contributed by atoms with Crippen LogP contribution in [0.1, 0.15) is 52.4 Å². The first-order chi connectivity index (χ1) is 14.2. The van der Waals surface area contributed by atoms with Crippen molar-refractivity contribution in [3.05, 3.63) is 56.4 Å². The number of ketones is 1. The topological polar surface area (TPSA) is 102 Å². The standard InChI is InChI=1S/C23H26N2O5/c1-13-8-14(2)10-18(9-13)30-16(4)21(26)20-15(3)19(11-24)22(27)25(23(20)28)12-17-6-5-7-29-17/h8-10,16-17,28H,5-7,12H2,1-4H3. The number of carbonyl (C=O) groups excluding carboxylic acids is 1. The maximum atomic E-state index is 13.2. The quantitative estimate of drug-likeness (QED) is 0.734. The van der Waals surface area contributed by atoms with E-state index in [4.69, 9.17) is 9.47 Å². The zero-order chi connectivity index (χ0) is 22.0. The van der Waals surface area contributed by atoms with Crippen LogP contribution in [0.15, 0.2) is 23.0 Å². The number of hydrogen-bond acceptors (Lipinski definition) is 6. The predicted octanol–water partition coefficient (Wildman–Crippen LogP) is 3.18. The number of benzene rings is 1. The van der Waals surface area contributed by atoms with Crippen molar-refractivity contribution in [3.8, 4) is 17.7 Å². The van der Waals surface area contributed by atoms with Gasteiger partial charge in [0.05, 0.1) is 18.2 Å². The summed E-state index contributed by atoms with van der Waals surface area (Å²) in [6.45, 7) is 7.62. The van der Waals surface area contributed by atoms with Crippen LogP contribution in [0.25, 0.3) is 0 Å². The normalized spacial score (nSPS) is 16.8. The Bertz CT molecular complexity index is 1050. The number of carbonyl (C=O) groups is 1. The molecule has 1 saturated heterocycles. The molecule has 1 aliphatic rings. The number of pyridine rings is 1. The largest absolute Gasteiger partial charge is 0.494 e. The number of Topliss-reactive ketones (excluding diaryl/α,β-unsaturated/α-hetero) is 1. The van der Waals surface area contributed by atoms with Gasteiger partial charge < -0.3 is 14.6 Å². The van der Waals surface area contributed by atoms with Crippen LogP contribution in [0.5, 0.6) is 11.6 Å². The lowest BCUT2D eigenvalue weighted by Gasteiger charge is -2.20. The molecule has 2 heterocycles. The van der Waals surface area contributed by atoms with Crippen molar-refractivity contribution in [2.45, 2.75) is 59.3 Å². The number of aromatic hydroxyl groups is 1. The molecule has 3 rings (SSSR count). The van der Waals surface area contributed by atoms with Crippen molar-refractivity contribution in [1.29, 1.82) is 5.26 Å². The second-order valence-electron chi connectivity index (χ2n) is 7.81. The predicted molar refractivity (Wildman–Crippen MR) is 111 cm³/mol. The summed E-state index contributed by atoms with van der Waals surface area (Å²) in [6, 6.07) is 7.52. The second kappa shape index (κ2) is 8.72. The Morgan fingerprint density at radius 2 is 2.00 bits per heavy atom. The third-order valence-corrected chi connectivity index (χ3v) is 5.33. The highest BCUT2D eigenvalue weighted by Gasteiger charge is 2.29. The summed E-state index contributed by atoms with van der Waals surface area (Å²) >= 11 is 0. The van der Waals surface area contributed by atoms with E-state index >= 15 is 0 Å². The van der Waals surface area contributed by atoms with Gasteiger partial charge in [-0.1, -0.05) is 6.07 Å². The highest BCUT2D eigenvalue weighted by atomic mass is 16.5. The SMILES string of the molecule is Cc1cc(C)cc(OC(C)C(=O)c2c(C)c(C#N)c(=O)n(CC3CCCO3)c2O)c1. The molecule has 2 aromatic rings. The molecule has 30 heavy (non-hydrogen) atoms. The van der Waals surface area contributed by atoms with Crippen LogP contribution < -0.4 is 10.3 Å². The molecule has 0 saturated carbocycles. The Morgan fingerprint density at radius 3 is 2.57 bits per heavy atom. The van der Waals surface area contributed by atoms with Crippen molar-refractivity contribution < 1.29 is 19.4 Å². The fourth-order valence-corrected chi connectivity index (χ4v) is 3.87. The summed E-state index contributed by atoms with van der Waals surface area (Å²) in [5, 5.41) is 20.3. The van der Waals surface area contributed by atoms with E-state index in [1.165, 1.54) is 6.92 Å².